The zero-order chi connectivity index (χ0) is 26.7. The molecule has 38 heavy (non-hydrogen) atoms. The fourth-order valence-corrected chi connectivity index (χ4v) is 4.41. The summed E-state index contributed by atoms with van der Waals surface area (Å²) in [6.45, 7) is 0. The molecule has 4 aromatic rings. The predicted molar refractivity (Wildman–Crippen MR) is 151 cm³/mol. The molecule has 0 bridgehead atoms. The normalized spacial score (nSPS) is 10.9. The fourth-order valence-electron chi connectivity index (χ4n) is 3.56. The number of hydrogen-bond donors (Lipinski definition) is 2. The molecule has 0 aliphatic heterocycles. The first-order chi connectivity index (χ1) is 18.5. The van der Waals surface area contributed by atoms with Crippen LogP contribution in [0.1, 0.15) is 26.3 Å². The first-order valence-electron chi connectivity index (χ1n) is 11.9. The highest BCUT2D eigenvalue weighted by Gasteiger charge is 2.16. The van der Waals surface area contributed by atoms with Crippen molar-refractivity contribution in [2.24, 2.45) is 0 Å². The van der Waals surface area contributed by atoms with Crippen molar-refractivity contribution in [1.29, 1.82) is 0 Å². The van der Waals surface area contributed by atoms with Crippen molar-refractivity contribution in [2.45, 2.75) is 4.90 Å². The number of ether oxygens (including phenoxy) is 1. The van der Waals surface area contributed by atoms with Gasteiger partial charge in [-0.15, -0.1) is 11.8 Å². The van der Waals surface area contributed by atoms with Crippen LogP contribution >= 0.6 is 11.8 Å². The Morgan fingerprint density at radius 2 is 1.47 bits per heavy atom. The van der Waals surface area contributed by atoms with Gasteiger partial charge in [0.05, 0.1) is 12.9 Å². The molecule has 0 fully saturated rings. The smallest absolute Gasteiger partial charge is 0.272 e. The van der Waals surface area contributed by atoms with Crippen LogP contribution in [0.25, 0.3) is 6.08 Å². The number of thioether (sulfide) groups is 1. The summed E-state index contributed by atoms with van der Waals surface area (Å²) in [6.07, 6.45) is 1.59. The van der Waals surface area contributed by atoms with Gasteiger partial charge in [-0.1, -0.05) is 66.7 Å². The summed E-state index contributed by atoms with van der Waals surface area (Å²) in [6, 6.07) is 32.2. The topological polar surface area (TPSA) is 84.5 Å². The Balaban J connectivity index is 1.51. The van der Waals surface area contributed by atoms with E-state index in [-0.39, 0.29) is 17.2 Å². The molecule has 0 spiro atoms. The third-order valence-electron chi connectivity index (χ3n) is 5.49. The molecular formula is C31H26N2O4S. The molecule has 7 heteroatoms. The lowest BCUT2D eigenvalue weighted by atomic mass is 10.1. The van der Waals surface area contributed by atoms with E-state index in [2.05, 4.69) is 10.6 Å². The van der Waals surface area contributed by atoms with E-state index in [4.69, 9.17) is 4.74 Å². The van der Waals surface area contributed by atoms with Crippen molar-refractivity contribution >= 4 is 41.1 Å². The number of carbonyl (C=O) groups excluding carboxylic acids is 3. The van der Waals surface area contributed by atoms with Gasteiger partial charge in [0.2, 0.25) is 0 Å². The lowest BCUT2D eigenvalue weighted by Crippen LogP contribution is -2.30. The molecule has 0 saturated carbocycles. The minimum Gasteiger partial charge on any atom is -0.497 e. The zero-order valence-corrected chi connectivity index (χ0v) is 21.5. The molecule has 0 aliphatic carbocycles. The minimum atomic E-state index is -0.486. The van der Waals surface area contributed by atoms with Crippen LogP contribution in [0.5, 0.6) is 5.75 Å². The van der Waals surface area contributed by atoms with E-state index in [1.54, 1.807) is 86.0 Å². The Bertz CT molecular complexity index is 1450. The molecule has 0 radical (unpaired) electrons. The second kappa shape index (κ2) is 13.1. The van der Waals surface area contributed by atoms with Crippen molar-refractivity contribution < 1.29 is 19.1 Å². The van der Waals surface area contributed by atoms with E-state index in [1.807, 2.05) is 36.4 Å². The highest BCUT2D eigenvalue weighted by Crippen LogP contribution is 2.23. The summed E-state index contributed by atoms with van der Waals surface area (Å²) in [5.41, 5.74) is 2.39. The van der Waals surface area contributed by atoms with Crippen molar-refractivity contribution in [3.63, 3.8) is 0 Å². The number of benzene rings is 4. The number of rotatable bonds is 10. The summed E-state index contributed by atoms with van der Waals surface area (Å²) in [5.74, 6) is 0.0355. The highest BCUT2D eigenvalue weighted by molar-refractivity contribution is 8.00. The van der Waals surface area contributed by atoms with Crippen LogP contribution in [-0.2, 0) is 4.79 Å². The Kier molecular flexibility index (Phi) is 9.10. The van der Waals surface area contributed by atoms with Gasteiger partial charge in [0, 0.05) is 21.7 Å². The SMILES string of the molecule is COc1cccc(/C=C(\NC(=O)c2ccccc2)C(=O)Nc2cccc(SCC(=O)c3ccccc3)c2)c1. The van der Waals surface area contributed by atoms with E-state index in [0.29, 0.717) is 28.1 Å². The molecule has 2 amide bonds. The summed E-state index contributed by atoms with van der Waals surface area (Å²) < 4.78 is 5.28. The average molecular weight is 523 g/mol. The molecule has 6 nitrogen and oxygen atoms in total. The number of ketones is 1. The van der Waals surface area contributed by atoms with Gasteiger partial charge in [0.1, 0.15) is 11.4 Å². The molecule has 0 heterocycles. The standard InChI is InChI=1S/C31H26N2O4S/c1-37-26-16-8-10-22(18-26)19-28(33-30(35)24-13-6-3-7-14-24)31(36)32-25-15-9-17-27(20-25)38-21-29(34)23-11-4-2-5-12-23/h2-20H,21H2,1H3,(H,32,36)(H,33,35)/b28-19-. The molecule has 0 aromatic heterocycles. The van der Waals surface area contributed by atoms with Crippen LogP contribution in [0.2, 0.25) is 0 Å². The summed E-state index contributed by atoms with van der Waals surface area (Å²) in [7, 11) is 1.56. The lowest BCUT2D eigenvalue weighted by Gasteiger charge is -2.12. The first kappa shape index (κ1) is 26.4. The van der Waals surface area contributed by atoms with Crippen LogP contribution in [-0.4, -0.2) is 30.5 Å². The molecule has 2 N–H and O–H groups in total. The number of methoxy groups -OCH3 is 1. The average Bonchev–Trinajstić information content (AvgIpc) is 2.96. The maximum Gasteiger partial charge on any atom is 0.272 e. The third-order valence-corrected chi connectivity index (χ3v) is 6.48. The van der Waals surface area contributed by atoms with E-state index < -0.39 is 11.8 Å². The second-order valence-electron chi connectivity index (χ2n) is 8.21. The van der Waals surface area contributed by atoms with Gasteiger partial charge in [-0.05, 0) is 54.1 Å². The van der Waals surface area contributed by atoms with Crippen LogP contribution in [0.3, 0.4) is 0 Å². The van der Waals surface area contributed by atoms with Gasteiger partial charge in [-0.2, -0.15) is 0 Å². The molecule has 0 unspecified atom stereocenters. The Morgan fingerprint density at radius 3 is 2.18 bits per heavy atom. The monoisotopic (exact) mass is 522 g/mol. The fraction of sp³-hybridized carbons (Fsp3) is 0.0645. The molecule has 0 atom stereocenters. The van der Waals surface area contributed by atoms with Gasteiger partial charge < -0.3 is 15.4 Å². The van der Waals surface area contributed by atoms with Crippen molar-refractivity contribution in [1.82, 2.24) is 5.32 Å². The zero-order valence-electron chi connectivity index (χ0n) is 20.7. The Morgan fingerprint density at radius 1 is 0.789 bits per heavy atom. The first-order valence-corrected chi connectivity index (χ1v) is 12.8. The lowest BCUT2D eigenvalue weighted by molar-refractivity contribution is -0.113. The van der Waals surface area contributed by atoms with E-state index >= 15 is 0 Å². The molecule has 0 aliphatic rings. The maximum atomic E-state index is 13.3. The highest BCUT2D eigenvalue weighted by atomic mass is 32.2. The maximum absolute atomic E-state index is 13.3. The third kappa shape index (κ3) is 7.44. The molecule has 4 rings (SSSR count). The quantitative estimate of drug-likeness (QED) is 0.150. The number of nitrogens with one attached hydrogen (secondary N) is 2. The Labute approximate surface area is 225 Å². The van der Waals surface area contributed by atoms with Crippen molar-refractivity contribution in [3.8, 4) is 5.75 Å². The number of carbonyl (C=O) groups is 3. The number of hydrogen-bond acceptors (Lipinski definition) is 5. The van der Waals surface area contributed by atoms with Gasteiger partial charge in [-0.3, -0.25) is 14.4 Å². The van der Waals surface area contributed by atoms with Crippen molar-refractivity contribution in [3.05, 3.63) is 132 Å². The summed E-state index contributed by atoms with van der Waals surface area (Å²) in [5, 5.41) is 5.59. The van der Waals surface area contributed by atoms with E-state index in [9.17, 15) is 14.4 Å². The number of Topliss-reactive ketones (excluding diaryl/α,β-unsaturated/α-hetero) is 1. The summed E-state index contributed by atoms with van der Waals surface area (Å²) in [4.78, 5) is 39.5. The Hall–Kier alpha value is -4.62. The van der Waals surface area contributed by atoms with Crippen LogP contribution in [0.4, 0.5) is 5.69 Å². The molecule has 0 saturated heterocycles. The second-order valence-corrected chi connectivity index (χ2v) is 9.26. The van der Waals surface area contributed by atoms with Gasteiger partial charge in [-0.25, -0.2) is 0 Å². The molecule has 4 aromatic carbocycles. The molecule has 190 valence electrons. The van der Waals surface area contributed by atoms with Gasteiger partial charge >= 0.3 is 0 Å². The number of amides is 2. The van der Waals surface area contributed by atoms with Crippen LogP contribution < -0.4 is 15.4 Å². The van der Waals surface area contributed by atoms with E-state index in [0.717, 1.165) is 4.90 Å². The van der Waals surface area contributed by atoms with Gasteiger partial charge in [0.15, 0.2) is 5.78 Å². The van der Waals surface area contributed by atoms with Crippen LogP contribution in [0.15, 0.2) is 120 Å². The van der Waals surface area contributed by atoms with Crippen molar-refractivity contribution in [2.75, 3.05) is 18.2 Å². The predicted octanol–water partition coefficient (Wildman–Crippen LogP) is 6.08. The minimum absolute atomic E-state index is 0.0252. The molecular weight excluding hydrogens is 496 g/mol. The largest absolute Gasteiger partial charge is 0.497 e. The van der Waals surface area contributed by atoms with Gasteiger partial charge in [0.25, 0.3) is 11.8 Å². The van der Waals surface area contributed by atoms with Crippen LogP contribution in [0, 0.1) is 0 Å². The van der Waals surface area contributed by atoms with E-state index in [1.165, 1.54) is 11.8 Å². The summed E-state index contributed by atoms with van der Waals surface area (Å²) >= 11 is 1.39. The number of anilines is 1.